The summed E-state index contributed by atoms with van der Waals surface area (Å²) in [5.74, 6) is 0.335. The molecule has 0 aliphatic carbocycles. The molecule has 1 heterocycles. The number of phenolic OH excluding ortho intramolecular Hbond substituents is 1. The van der Waals surface area contributed by atoms with Crippen LogP contribution in [0.5, 0.6) is 5.75 Å². The Kier molecular flexibility index (Phi) is 2.46. The molecular weight excluding hydrogens is 244 g/mol. The smallest absolute Gasteiger partial charge is 0.120 e. The zero-order valence-corrected chi connectivity index (χ0v) is 9.40. The van der Waals surface area contributed by atoms with Gasteiger partial charge in [-0.3, -0.25) is 5.01 Å². The summed E-state index contributed by atoms with van der Waals surface area (Å²) in [4.78, 5) is 0. The topological polar surface area (TPSA) is 35.8 Å². The van der Waals surface area contributed by atoms with Gasteiger partial charge in [-0.05, 0) is 22.0 Å². The zero-order chi connectivity index (χ0) is 10.1. The van der Waals surface area contributed by atoms with Gasteiger partial charge in [-0.1, -0.05) is 18.2 Å². The van der Waals surface area contributed by atoms with Crippen LogP contribution in [0.4, 0.5) is 0 Å². The lowest BCUT2D eigenvalue weighted by Crippen LogP contribution is -2.13. The van der Waals surface area contributed by atoms with E-state index in [2.05, 4.69) is 21.0 Å². The summed E-state index contributed by atoms with van der Waals surface area (Å²) in [5, 5.41) is 15.8. The molecule has 1 aromatic rings. The van der Waals surface area contributed by atoms with Crippen molar-refractivity contribution in [3.8, 4) is 5.75 Å². The molecule has 2 rings (SSSR count). The summed E-state index contributed by atoms with van der Waals surface area (Å²) < 4.78 is 0.924. The van der Waals surface area contributed by atoms with Crippen LogP contribution in [-0.2, 0) is 0 Å². The first-order valence-corrected chi connectivity index (χ1v) is 5.21. The van der Waals surface area contributed by atoms with Gasteiger partial charge in [-0.2, -0.15) is 5.10 Å². The number of halogens is 1. The van der Waals surface area contributed by atoms with Crippen molar-refractivity contribution in [1.29, 1.82) is 0 Å². The SMILES string of the molecule is CN1N=C(Br)CC1c1ccccc1O. The van der Waals surface area contributed by atoms with Crippen molar-refractivity contribution in [1.82, 2.24) is 5.01 Å². The van der Waals surface area contributed by atoms with E-state index in [1.807, 2.05) is 30.3 Å². The van der Waals surface area contributed by atoms with E-state index in [1.165, 1.54) is 0 Å². The summed E-state index contributed by atoms with van der Waals surface area (Å²) in [6.07, 6.45) is 0.814. The number of nitrogens with zero attached hydrogens (tertiary/aromatic N) is 2. The third-order valence-electron chi connectivity index (χ3n) is 2.37. The van der Waals surface area contributed by atoms with E-state index < -0.39 is 0 Å². The molecule has 1 N–H and O–H groups in total. The van der Waals surface area contributed by atoms with Gasteiger partial charge in [0.15, 0.2) is 0 Å². The van der Waals surface area contributed by atoms with Crippen LogP contribution >= 0.6 is 15.9 Å². The third-order valence-corrected chi connectivity index (χ3v) is 2.86. The highest BCUT2D eigenvalue weighted by Crippen LogP contribution is 2.35. The molecule has 0 bridgehead atoms. The van der Waals surface area contributed by atoms with Gasteiger partial charge >= 0.3 is 0 Å². The zero-order valence-electron chi connectivity index (χ0n) is 7.81. The number of rotatable bonds is 1. The molecule has 1 aromatic carbocycles. The fraction of sp³-hybridized carbons (Fsp3) is 0.300. The van der Waals surface area contributed by atoms with E-state index in [0.29, 0.717) is 5.75 Å². The summed E-state index contributed by atoms with van der Waals surface area (Å²) in [7, 11) is 1.91. The second-order valence-corrected chi connectivity index (χ2v) is 4.24. The lowest BCUT2D eigenvalue weighted by atomic mass is 10.0. The van der Waals surface area contributed by atoms with Crippen LogP contribution in [0, 0.1) is 0 Å². The van der Waals surface area contributed by atoms with Gasteiger partial charge in [0.25, 0.3) is 0 Å². The normalized spacial score (nSPS) is 21.1. The van der Waals surface area contributed by atoms with Crippen molar-refractivity contribution in [2.24, 2.45) is 5.10 Å². The lowest BCUT2D eigenvalue weighted by molar-refractivity contribution is 0.283. The van der Waals surface area contributed by atoms with E-state index >= 15 is 0 Å². The molecular formula is C10H11BrN2O. The highest BCUT2D eigenvalue weighted by atomic mass is 79.9. The molecule has 1 aliphatic rings. The van der Waals surface area contributed by atoms with Crippen molar-refractivity contribution < 1.29 is 5.11 Å². The molecule has 1 aliphatic heterocycles. The number of benzene rings is 1. The molecule has 0 saturated heterocycles. The van der Waals surface area contributed by atoms with Crippen LogP contribution in [0.15, 0.2) is 29.4 Å². The monoisotopic (exact) mass is 254 g/mol. The molecule has 0 spiro atoms. The molecule has 0 saturated carbocycles. The average molecular weight is 255 g/mol. The second-order valence-electron chi connectivity index (χ2n) is 3.33. The van der Waals surface area contributed by atoms with Crippen LogP contribution < -0.4 is 0 Å². The number of para-hydroxylation sites is 1. The maximum Gasteiger partial charge on any atom is 0.120 e. The number of aromatic hydroxyl groups is 1. The highest BCUT2D eigenvalue weighted by molar-refractivity contribution is 9.18. The van der Waals surface area contributed by atoms with Crippen LogP contribution in [-0.4, -0.2) is 21.8 Å². The third kappa shape index (κ3) is 1.62. The molecule has 1 unspecified atom stereocenters. The molecule has 4 heteroatoms. The van der Waals surface area contributed by atoms with Crippen LogP contribution in [0.3, 0.4) is 0 Å². The van der Waals surface area contributed by atoms with Gasteiger partial charge in [-0.25, -0.2) is 0 Å². The Balaban J connectivity index is 2.30. The Morgan fingerprint density at radius 2 is 2.21 bits per heavy atom. The Morgan fingerprint density at radius 3 is 2.79 bits per heavy atom. The first-order chi connectivity index (χ1) is 6.68. The summed E-state index contributed by atoms with van der Waals surface area (Å²) in [6, 6.07) is 7.52. The van der Waals surface area contributed by atoms with Crippen molar-refractivity contribution in [3.63, 3.8) is 0 Å². The van der Waals surface area contributed by atoms with Gasteiger partial charge in [0.2, 0.25) is 0 Å². The number of hydrazone groups is 1. The molecule has 14 heavy (non-hydrogen) atoms. The second kappa shape index (κ2) is 3.61. The van der Waals surface area contributed by atoms with Crippen LogP contribution in [0.25, 0.3) is 0 Å². The fourth-order valence-electron chi connectivity index (χ4n) is 1.65. The minimum absolute atomic E-state index is 0.144. The first-order valence-electron chi connectivity index (χ1n) is 4.42. The molecule has 0 amide bonds. The Morgan fingerprint density at radius 1 is 1.50 bits per heavy atom. The van der Waals surface area contributed by atoms with Crippen molar-refractivity contribution in [3.05, 3.63) is 29.8 Å². The van der Waals surface area contributed by atoms with Gasteiger partial charge in [0.1, 0.15) is 10.4 Å². The van der Waals surface area contributed by atoms with Gasteiger partial charge in [0.05, 0.1) is 6.04 Å². The summed E-state index contributed by atoms with van der Waals surface area (Å²) in [5.41, 5.74) is 0.924. The Hall–Kier alpha value is -1.03. The van der Waals surface area contributed by atoms with E-state index in [9.17, 15) is 5.11 Å². The minimum atomic E-state index is 0.144. The van der Waals surface area contributed by atoms with Gasteiger partial charge < -0.3 is 5.11 Å². The predicted octanol–water partition coefficient (Wildman–Crippen LogP) is 2.48. The Labute approximate surface area is 91.2 Å². The van der Waals surface area contributed by atoms with E-state index in [-0.39, 0.29) is 6.04 Å². The summed E-state index contributed by atoms with van der Waals surface area (Å²) in [6.45, 7) is 0. The molecule has 1 atom stereocenters. The number of hydrogen-bond donors (Lipinski definition) is 1. The molecule has 74 valence electrons. The molecule has 0 aromatic heterocycles. The van der Waals surface area contributed by atoms with Crippen LogP contribution in [0.1, 0.15) is 18.0 Å². The largest absolute Gasteiger partial charge is 0.508 e. The average Bonchev–Trinajstić information content (AvgIpc) is 2.46. The quantitative estimate of drug-likeness (QED) is 0.836. The van der Waals surface area contributed by atoms with Crippen molar-refractivity contribution >= 4 is 20.6 Å². The standard InChI is InChI=1S/C10H11BrN2O/c1-13-8(6-10(11)12-13)7-4-2-3-5-9(7)14/h2-5,8,14H,6H2,1H3. The molecule has 0 radical (unpaired) electrons. The van der Waals surface area contributed by atoms with Crippen molar-refractivity contribution in [2.75, 3.05) is 7.05 Å². The molecule has 3 nitrogen and oxygen atoms in total. The van der Waals surface area contributed by atoms with E-state index in [1.54, 1.807) is 6.07 Å². The number of phenols is 1. The predicted molar refractivity (Wildman–Crippen MR) is 59.6 cm³/mol. The van der Waals surface area contributed by atoms with Gasteiger partial charge in [0, 0.05) is 19.0 Å². The maximum absolute atomic E-state index is 9.68. The lowest BCUT2D eigenvalue weighted by Gasteiger charge is -2.19. The van der Waals surface area contributed by atoms with Crippen LogP contribution in [0.2, 0.25) is 0 Å². The van der Waals surface area contributed by atoms with E-state index in [4.69, 9.17) is 0 Å². The maximum atomic E-state index is 9.68. The van der Waals surface area contributed by atoms with Crippen molar-refractivity contribution in [2.45, 2.75) is 12.5 Å². The Bertz CT molecular complexity index is 378. The minimum Gasteiger partial charge on any atom is -0.508 e. The first kappa shape index (κ1) is 9.52. The number of hydrogen-bond acceptors (Lipinski definition) is 3. The van der Waals surface area contributed by atoms with E-state index in [0.717, 1.165) is 16.6 Å². The van der Waals surface area contributed by atoms with Gasteiger partial charge in [-0.15, -0.1) is 0 Å². The molecule has 0 fully saturated rings. The fourth-order valence-corrected chi connectivity index (χ4v) is 2.21. The highest BCUT2D eigenvalue weighted by Gasteiger charge is 2.25. The summed E-state index contributed by atoms with van der Waals surface area (Å²) >= 11 is 3.37.